The average Bonchev–Trinajstić information content (AvgIpc) is 3.19. The summed E-state index contributed by atoms with van der Waals surface area (Å²) in [4.78, 5) is 7.76. The van der Waals surface area contributed by atoms with Gasteiger partial charge in [0.2, 0.25) is 0 Å². The quantitative estimate of drug-likeness (QED) is 0.506. The molecular formula is C26H41ClN2O2S. The molecule has 1 aromatic heterocycles. The second kappa shape index (κ2) is 10.0. The van der Waals surface area contributed by atoms with E-state index < -0.39 is 0 Å². The smallest absolute Gasteiger partial charge is 0.123 e. The Morgan fingerprint density at radius 2 is 1.50 bits per heavy atom. The number of phenolic OH excluding ortho intramolecular Hbond substituents is 1. The van der Waals surface area contributed by atoms with E-state index in [0.717, 1.165) is 61.5 Å². The molecule has 0 saturated carbocycles. The molecule has 1 aromatic carbocycles. The van der Waals surface area contributed by atoms with Crippen LogP contribution in [0.25, 0.3) is 11.3 Å². The number of phenols is 1. The first-order valence-corrected chi connectivity index (χ1v) is 12.5. The highest BCUT2D eigenvalue weighted by molar-refractivity contribution is 7.10. The zero-order valence-electron chi connectivity index (χ0n) is 21.0. The van der Waals surface area contributed by atoms with Gasteiger partial charge >= 0.3 is 0 Å². The second-order valence-corrected chi connectivity index (χ2v) is 11.6. The summed E-state index contributed by atoms with van der Waals surface area (Å²) in [5.74, 6) is 0.420. The number of aromatic nitrogens is 1. The maximum Gasteiger partial charge on any atom is 0.123 e. The number of benzene rings is 1. The Hall–Kier alpha value is -1.14. The van der Waals surface area contributed by atoms with Crippen LogP contribution < -0.4 is 0 Å². The summed E-state index contributed by atoms with van der Waals surface area (Å²) in [5, 5.41) is 14.5. The lowest BCUT2D eigenvalue weighted by Gasteiger charge is -2.44. The minimum Gasteiger partial charge on any atom is -0.507 e. The maximum absolute atomic E-state index is 11.1. The summed E-state index contributed by atoms with van der Waals surface area (Å²) < 4.78 is 5.72. The van der Waals surface area contributed by atoms with Crippen molar-refractivity contribution in [1.29, 1.82) is 0 Å². The summed E-state index contributed by atoms with van der Waals surface area (Å²) in [6.07, 6.45) is 1.97. The van der Waals surface area contributed by atoms with Gasteiger partial charge < -0.3 is 9.84 Å². The minimum atomic E-state index is -0.151. The number of ether oxygens (including phenoxy) is 1. The minimum absolute atomic E-state index is 0. The van der Waals surface area contributed by atoms with Crippen molar-refractivity contribution in [3.05, 3.63) is 33.6 Å². The van der Waals surface area contributed by atoms with E-state index in [-0.39, 0.29) is 28.8 Å². The highest BCUT2D eigenvalue weighted by Crippen LogP contribution is 2.44. The highest BCUT2D eigenvalue weighted by atomic mass is 35.5. The molecule has 1 saturated heterocycles. The van der Waals surface area contributed by atoms with E-state index in [9.17, 15) is 5.11 Å². The first kappa shape index (κ1) is 27.1. The lowest BCUT2D eigenvalue weighted by Crippen LogP contribution is -2.49. The molecule has 3 rings (SSSR count). The molecule has 0 unspecified atom stereocenters. The normalized spacial score (nSPS) is 16.8. The van der Waals surface area contributed by atoms with Crippen LogP contribution in [-0.4, -0.2) is 41.3 Å². The molecule has 1 aliphatic rings. The standard InChI is InChI=1S/C26H40N2O2S.ClH/c1-9-28(10-2)26(11-13-30-14-12-26)23-27-21(17-31-23)18-15-19(24(3,4)5)22(29)20(16-18)25(6,7)8;/h15-17,29H,9-14H2,1-8H3;1H. The Balaban J connectivity index is 0.00000363. The lowest BCUT2D eigenvalue weighted by molar-refractivity contribution is -0.0284. The van der Waals surface area contributed by atoms with Gasteiger partial charge in [0, 0.05) is 35.3 Å². The molecule has 2 heterocycles. The van der Waals surface area contributed by atoms with Gasteiger partial charge in [-0.15, -0.1) is 23.7 Å². The molecule has 0 radical (unpaired) electrons. The third kappa shape index (κ3) is 5.16. The summed E-state index contributed by atoms with van der Waals surface area (Å²) in [5.41, 5.74) is 3.72. The molecule has 0 amide bonds. The van der Waals surface area contributed by atoms with E-state index >= 15 is 0 Å². The lowest BCUT2D eigenvalue weighted by atomic mass is 9.78. The molecule has 0 spiro atoms. The summed E-state index contributed by atoms with van der Waals surface area (Å²) in [6, 6.07) is 4.27. The molecule has 180 valence electrons. The van der Waals surface area contributed by atoms with E-state index in [1.807, 2.05) is 0 Å². The monoisotopic (exact) mass is 480 g/mol. The van der Waals surface area contributed by atoms with Crippen molar-refractivity contribution in [1.82, 2.24) is 9.88 Å². The molecular weight excluding hydrogens is 440 g/mol. The second-order valence-electron chi connectivity index (χ2n) is 10.8. The van der Waals surface area contributed by atoms with Crippen molar-refractivity contribution in [2.75, 3.05) is 26.3 Å². The van der Waals surface area contributed by atoms with Crippen molar-refractivity contribution in [2.45, 2.75) is 84.6 Å². The molecule has 6 heteroatoms. The van der Waals surface area contributed by atoms with E-state index in [4.69, 9.17) is 9.72 Å². The molecule has 0 atom stereocenters. The summed E-state index contributed by atoms with van der Waals surface area (Å²) >= 11 is 1.77. The molecule has 1 N–H and O–H groups in total. The van der Waals surface area contributed by atoms with Gasteiger partial charge in [0.25, 0.3) is 0 Å². The van der Waals surface area contributed by atoms with Gasteiger partial charge in [-0.1, -0.05) is 55.4 Å². The fourth-order valence-electron chi connectivity index (χ4n) is 4.75. The van der Waals surface area contributed by atoms with Crippen molar-refractivity contribution < 1.29 is 9.84 Å². The summed E-state index contributed by atoms with van der Waals surface area (Å²) in [6.45, 7) is 21.0. The van der Waals surface area contributed by atoms with Crippen LogP contribution >= 0.6 is 23.7 Å². The van der Waals surface area contributed by atoms with Gasteiger partial charge in [-0.25, -0.2) is 4.98 Å². The number of thiazole rings is 1. The van der Waals surface area contributed by atoms with Crippen molar-refractivity contribution in [3.8, 4) is 17.0 Å². The van der Waals surface area contributed by atoms with Crippen LogP contribution in [-0.2, 0) is 21.1 Å². The third-order valence-electron chi connectivity index (χ3n) is 6.61. The van der Waals surface area contributed by atoms with E-state index in [2.05, 4.69) is 77.8 Å². The van der Waals surface area contributed by atoms with Crippen molar-refractivity contribution >= 4 is 23.7 Å². The van der Waals surface area contributed by atoms with Crippen LogP contribution in [0.15, 0.2) is 17.5 Å². The zero-order chi connectivity index (χ0) is 23.0. The van der Waals surface area contributed by atoms with Gasteiger partial charge in [-0.2, -0.15) is 0 Å². The van der Waals surface area contributed by atoms with Crippen LogP contribution in [0, 0.1) is 0 Å². The highest BCUT2D eigenvalue weighted by Gasteiger charge is 2.41. The van der Waals surface area contributed by atoms with Crippen LogP contribution in [0.3, 0.4) is 0 Å². The van der Waals surface area contributed by atoms with Crippen molar-refractivity contribution in [3.63, 3.8) is 0 Å². The Labute approximate surface area is 204 Å². The Morgan fingerprint density at radius 1 is 1.00 bits per heavy atom. The van der Waals surface area contributed by atoms with Crippen LogP contribution in [0.1, 0.15) is 84.4 Å². The SMILES string of the molecule is CCN(CC)C1(c2nc(-c3cc(C(C)(C)C)c(O)c(C(C)(C)C)c3)cs2)CCOCC1.Cl. The maximum atomic E-state index is 11.1. The van der Waals surface area contributed by atoms with Gasteiger partial charge in [0.05, 0.1) is 11.2 Å². The molecule has 4 nitrogen and oxygen atoms in total. The summed E-state index contributed by atoms with van der Waals surface area (Å²) in [7, 11) is 0. The molecule has 0 bridgehead atoms. The molecule has 0 aliphatic carbocycles. The van der Waals surface area contributed by atoms with Gasteiger partial charge in [-0.05, 0) is 48.9 Å². The number of rotatable bonds is 5. The number of aromatic hydroxyl groups is 1. The first-order valence-electron chi connectivity index (χ1n) is 11.6. The van der Waals surface area contributed by atoms with Gasteiger partial charge in [0.15, 0.2) is 0 Å². The largest absolute Gasteiger partial charge is 0.507 e. The average molecular weight is 481 g/mol. The third-order valence-corrected chi connectivity index (χ3v) is 7.65. The number of halogens is 1. The van der Waals surface area contributed by atoms with Crippen LogP contribution in [0.5, 0.6) is 5.75 Å². The Morgan fingerprint density at radius 3 is 1.94 bits per heavy atom. The molecule has 2 aromatic rings. The van der Waals surface area contributed by atoms with E-state index in [0.29, 0.717) is 5.75 Å². The van der Waals surface area contributed by atoms with Gasteiger partial charge in [-0.3, -0.25) is 4.90 Å². The number of hydrogen-bond acceptors (Lipinski definition) is 5. The predicted octanol–water partition coefficient (Wildman–Crippen LogP) is 6.88. The van der Waals surface area contributed by atoms with E-state index in [1.165, 1.54) is 5.01 Å². The van der Waals surface area contributed by atoms with Gasteiger partial charge in [0.1, 0.15) is 10.8 Å². The molecule has 1 aliphatic heterocycles. The fourth-order valence-corrected chi connectivity index (χ4v) is 5.86. The Bertz CT molecular complexity index is 866. The number of nitrogens with zero attached hydrogens (tertiary/aromatic N) is 2. The zero-order valence-corrected chi connectivity index (χ0v) is 22.7. The topological polar surface area (TPSA) is 45.6 Å². The van der Waals surface area contributed by atoms with Crippen molar-refractivity contribution in [2.24, 2.45) is 0 Å². The first-order chi connectivity index (χ1) is 14.4. The molecule has 32 heavy (non-hydrogen) atoms. The van der Waals surface area contributed by atoms with Crippen LogP contribution in [0.2, 0.25) is 0 Å². The molecule has 1 fully saturated rings. The predicted molar refractivity (Wildman–Crippen MR) is 139 cm³/mol. The van der Waals surface area contributed by atoms with E-state index in [1.54, 1.807) is 11.3 Å². The fraction of sp³-hybridized carbons (Fsp3) is 0.654. The van der Waals surface area contributed by atoms with Crippen LogP contribution in [0.4, 0.5) is 0 Å². The Kier molecular flexibility index (Phi) is 8.47. The number of hydrogen-bond donors (Lipinski definition) is 1.